The molecule has 0 saturated carbocycles. The summed E-state index contributed by atoms with van der Waals surface area (Å²) in [6, 6.07) is 7.26. The smallest absolute Gasteiger partial charge is 0.153 e. The second-order valence-corrected chi connectivity index (χ2v) is 3.45. The van der Waals surface area contributed by atoms with Crippen LogP contribution in [-0.2, 0) is 0 Å². The average molecular weight is 216 g/mol. The summed E-state index contributed by atoms with van der Waals surface area (Å²) in [6.45, 7) is 1.92. The molecule has 16 heavy (non-hydrogen) atoms. The predicted molar refractivity (Wildman–Crippen MR) is 60.2 cm³/mol. The summed E-state index contributed by atoms with van der Waals surface area (Å²) in [4.78, 5) is 10.7. The van der Waals surface area contributed by atoms with E-state index in [0.717, 1.165) is 17.7 Å². The molecule has 82 valence electrons. The topological polar surface area (TPSA) is 44.1 Å². The van der Waals surface area contributed by atoms with Crippen molar-refractivity contribution in [3.63, 3.8) is 0 Å². The lowest BCUT2D eigenvalue weighted by Gasteiger charge is -2.06. The van der Waals surface area contributed by atoms with Crippen molar-refractivity contribution in [2.45, 2.75) is 6.92 Å². The van der Waals surface area contributed by atoms with E-state index >= 15 is 0 Å². The van der Waals surface area contributed by atoms with E-state index in [1.54, 1.807) is 23.9 Å². The number of hydrogen-bond acceptors (Lipinski definition) is 3. The van der Waals surface area contributed by atoms with Crippen molar-refractivity contribution >= 4 is 6.29 Å². The quantitative estimate of drug-likeness (QED) is 0.737. The van der Waals surface area contributed by atoms with Gasteiger partial charge in [0.25, 0.3) is 0 Å². The lowest BCUT2D eigenvalue weighted by atomic mass is 10.2. The van der Waals surface area contributed by atoms with Gasteiger partial charge in [0.05, 0.1) is 24.1 Å². The molecule has 2 aromatic rings. The van der Waals surface area contributed by atoms with Gasteiger partial charge in [0.15, 0.2) is 6.29 Å². The second kappa shape index (κ2) is 4.18. The van der Waals surface area contributed by atoms with E-state index in [9.17, 15) is 4.79 Å². The van der Waals surface area contributed by atoms with Gasteiger partial charge >= 0.3 is 0 Å². The average Bonchev–Trinajstić information content (AvgIpc) is 2.75. The summed E-state index contributed by atoms with van der Waals surface area (Å²) in [5, 5.41) is 4.28. The minimum atomic E-state index is 0.537. The number of aldehydes is 1. The number of carbonyl (C=O) groups is 1. The molecule has 0 aliphatic rings. The van der Waals surface area contributed by atoms with Crippen LogP contribution in [0.1, 0.15) is 16.1 Å². The Hall–Kier alpha value is -2.10. The molecule has 2 rings (SSSR count). The molecule has 0 spiro atoms. The maximum absolute atomic E-state index is 10.7. The monoisotopic (exact) mass is 216 g/mol. The minimum Gasteiger partial charge on any atom is -0.496 e. The van der Waals surface area contributed by atoms with Gasteiger partial charge in [0.2, 0.25) is 0 Å². The molecule has 1 aromatic heterocycles. The Morgan fingerprint density at radius 2 is 2.19 bits per heavy atom. The number of aromatic nitrogens is 2. The van der Waals surface area contributed by atoms with Crippen LogP contribution in [0, 0.1) is 6.92 Å². The zero-order valence-corrected chi connectivity index (χ0v) is 9.18. The fourth-order valence-electron chi connectivity index (χ4n) is 1.50. The third kappa shape index (κ3) is 1.82. The van der Waals surface area contributed by atoms with Gasteiger partial charge in [-0.15, -0.1) is 0 Å². The van der Waals surface area contributed by atoms with Crippen LogP contribution in [0.5, 0.6) is 5.75 Å². The summed E-state index contributed by atoms with van der Waals surface area (Å²) in [7, 11) is 1.54. The minimum absolute atomic E-state index is 0.537. The Kier molecular flexibility index (Phi) is 2.72. The molecule has 0 N–H and O–H groups in total. The van der Waals surface area contributed by atoms with E-state index < -0.39 is 0 Å². The lowest BCUT2D eigenvalue weighted by Crippen LogP contribution is -1.98. The largest absolute Gasteiger partial charge is 0.496 e. The normalized spacial score (nSPS) is 10.1. The van der Waals surface area contributed by atoms with Crippen LogP contribution in [0.25, 0.3) is 5.69 Å². The SMILES string of the molecule is COc1cc(-n2ccc(C)n2)ccc1C=O. The summed E-state index contributed by atoms with van der Waals surface area (Å²) in [5.74, 6) is 0.556. The molecule has 1 aromatic carbocycles. The van der Waals surface area contributed by atoms with Crippen molar-refractivity contribution in [1.82, 2.24) is 9.78 Å². The van der Waals surface area contributed by atoms with Gasteiger partial charge in [-0.1, -0.05) is 0 Å². The van der Waals surface area contributed by atoms with E-state index in [1.807, 2.05) is 25.3 Å². The highest BCUT2D eigenvalue weighted by atomic mass is 16.5. The molecule has 0 aliphatic carbocycles. The standard InChI is InChI=1S/C12H12N2O2/c1-9-5-6-14(13-9)11-4-3-10(8-15)12(7-11)16-2/h3-8H,1-2H3. The molecule has 0 aliphatic heterocycles. The van der Waals surface area contributed by atoms with Crippen molar-refractivity contribution in [3.05, 3.63) is 41.7 Å². The Labute approximate surface area is 93.5 Å². The summed E-state index contributed by atoms with van der Waals surface area (Å²) in [5.41, 5.74) is 2.35. The van der Waals surface area contributed by atoms with E-state index in [1.165, 1.54) is 0 Å². The number of ether oxygens (including phenoxy) is 1. The second-order valence-electron chi connectivity index (χ2n) is 3.45. The number of rotatable bonds is 3. The maximum Gasteiger partial charge on any atom is 0.153 e. The maximum atomic E-state index is 10.7. The van der Waals surface area contributed by atoms with Crippen LogP contribution in [0.3, 0.4) is 0 Å². The third-order valence-corrected chi connectivity index (χ3v) is 2.33. The molecule has 0 saturated heterocycles. The fraction of sp³-hybridized carbons (Fsp3) is 0.167. The Morgan fingerprint density at radius 3 is 2.75 bits per heavy atom. The predicted octanol–water partition coefficient (Wildman–Crippen LogP) is 2.00. The highest BCUT2D eigenvalue weighted by Gasteiger charge is 2.05. The zero-order chi connectivity index (χ0) is 11.5. The number of aryl methyl sites for hydroxylation is 1. The molecule has 4 heteroatoms. The number of methoxy groups -OCH3 is 1. The van der Waals surface area contributed by atoms with Gasteiger partial charge < -0.3 is 4.74 Å². The number of carbonyl (C=O) groups excluding carboxylic acids is 1. The van der Waals surface area contributed by atoms with Crippen LogP contribution in [0.15, 0.2) is 30.5 Å². The van der Waals surface area contributed by atoms with Crippen LogP contribution in [0.2, 0.25) is 0 Å². The van der Waals surface area contributed by atoms with Crippen molar-refractivity contribution in [2.75, 3.05) is 7.11 Å². The highest BCUT2D eigenvalue weighted by Crippen LogP contribution is 2.20. The molecule has 1 heterocycles. The molecule has 0 bridgehead atoms. The van der Waals surface area contributed by atoms with Gasteiger partial charge in [-0.2, -0.15) is 5.10 Å². The molecule has 0 atom stereocenters. The molecule has 4 nitrogen and oxygen atoms in total. The zero-order valence-electron chi connectivity index (χ0n) is 9.18. The first-order valence-electron chi connectivity index (χ1n) is 4.90. The van der Waals surface area contributed by atoms with Gasteiger partial charge in [-0.25, -0.2) is 4.68 Å². The first-order valence-corrected chi connectivity index (χ1v) is 4.90. The number of benzene rings is 1. The van der Waals surface area contributed by atoms with Gasteiger partial charge in [-0.3, -0.25) is 4.79 Å². The summed E-state index contributed by atoms with van der Waals surface area (Å²) >= 11 is 0. The Bertz CT molecular complexity index is 517. The fourth-order valence-corrected chi connectivity index (χ4v) is 1.50. The molecular weight excluding hydrogens is 204 g/mol. The summed E-state index contributed by atoms with van der Waals surface area (Å²) < 4.78 is 6.88. The first-order chi connectivity index (χ1) is 7.74. The van der Waals surface area contributed by atoms with Crippen LogP contribution >= 0.6 is 0 Å². The van der Waals surface area contributed by atoms with Crippen molar-refractivity contribution < 1.29 is 9.53 Å². The van der Waals surface area contributed by atoms with Crippen molar-refractivity contribution in [1.29, 1.82) is 0 Å². The Balaban J connectivity index is 2.47. The van der Waals surface area contributed by atoms with Crippen molar-refractivity contribution in [3.8, 4) is 11.4 Å². The van der Waals surface area contributed by atoms with E-state index in [-0.39, 0.29) is 0 Å². The lowest BCUT2D eigenvalue weighted by molar-refractivity contribution is 0.112. The first kappa shape index (κ1) is 10.4. The van der Waals surface area contributed by atoms with E-state index in [0.29, 0.717) is 11.3 Å². The molecule has 0 unspecified atom stereocenters. The highest BCUT2D eigenvalue weighted by molar-refractivity contribution is 5.80. The molecule has 0 radical (unpaired) electrons. The van der Waals surface area contributed by atoms with Crippen LogP contribution in [0.4, 0.5) is 0 Å². The van der Waals surface area contributed by atoms with E-state index in [4.69, 9.17) is 4.74 Å². The van der Waals surface area contributed by atoms with E-state index in [2.05, 4.69) is 5.10 Å². The van der Waals surface area contributed by atoms with Gasteiger partial charge in [0, 0.05) is 12.3 Å². The van der Waals surface area contributed by atoms with Gasteiger partial charge in [-0.05, 0) is 25.1 Å². The van der Waals surface area contributed by atoms with Gasteiger partial charge in [0.1, 0.15) is 5.75 Å². The van der Waals surface area contributed by atoms with Crippen LogP contribution < -0.4 is 4.74 Å². The number of nitrogens with zero attached hydrogens (tertiary/aromatic N) is 2. The summed E-state index contributed by atoms with van der Waals surface area (Å²) in [6.07, 6.45) is 2.64. The third-order valence-electron chi connectivity index (χ3n) is 2.33. The van der Waals surface area contributed by atoms with Crippen LogP contribution in [-0.4, -0.2) is 23.2 Å². The molecule has 0 amide bonds. The van der Waals surface area contributed by atoms with Crippen molar-refractivity contribution in [2.24, 2.45) is 0 Å². The number of hydrogen-bond donors (Lipinski definition) is 0. The molecular formula is C12H12N2O2. The molecule has 0 fully saturated rings. The Morgan fingerprint density at radius 1 is 1.38 bits per heavy atom.